The van der Waals surface area contributed by atoms with Gasteiger partial charge < -0.3 is 5.11 Å². The summed E-state index contributed by atoms with van der Waals surface area (Å²) in [5.41, 5.74) is 0.570. The number of pyridine rings is 1. The second-order valence-electron chi connectivity index (χ2n) is 2.42. The molecule has 64 valence electrons. The number of aromatic carboxylic acids is 1. The summed E-state index contributed by atoms with van der Waals surface area (Å²) in [5.74, 6) is -0.998. The highest BCUT2D eigenvalue weighted by Gasteiger charge is 2.08. The molecule has 0 aliphatic carbocycles. The lowest BCUT2D eigenvalue weighted by atomic mass is 10.2. The van der Waals surface area contributed by atoms with Crippen molar-refractivity contribution >= 4 is 17.0 Å². The van der Waals surface area contributed by atoms with Crippen molar-refractivity contribution in [3.8, 4) is 0 Å². The highest BCUT2D eigenvalue weighted by molar-refractivity contribution is 6.00. The third-order valence-corrected chi connectivity index (χ3v) is 1.65. The van der Waals surface area contributed by atoms with E-state index in [2.05, 4.69) is 15.0 Å². The highest BCUT2D eigenvalue weighted by atomic mass is 16.4. The lowest BCUT2D eigenvalue weighted by Crippen LogP contribution is -1.99. The van der Waals surface area contributed by atoms with Crippen molar-refractivity contribution in [3.63, 3.8) is 0 Å². The highest BCUT2D eigenvalue weighted by Crippen LogP contribution is 2.12. The summed E-state index contributed by atoms with van der Waals surface area (Å²) in [5, 5.41) is 9.26. The van der Waals surface area contributed by atoms with Crippen molar-refractivity contribution in [2.24, 2.45) is 0 Å². The van der Waals surface area contributed by atoms with Crippen LogP contribution < -0.4 is 0 Å². The van der Waals surface area contributed by atoms with Gasteiger partial charge in [0, 0.05) is 12.4 Å². The van der Waals surface area contributed by atoms with Crippen molar-refractivity contribution in [1.29, 1.82) is 0 Å². The molecule has 0 spiro atoms. The molecule has 0 bridgehead atoms. The van der Waals surface area contributed by atoms with E-state index in [4.69, 9.17) is 5.11 Å². The maximum atomic E-state index is 10.7. The van der Waals surface area contributed by atoms with Gasteiger partial charge in [-0.3, -0.25) is 0 Å². The normalized spacial score (nSPS) is 10.2. The van der Waals surface area contributed by atoms with E-state index in [-0.39, 0.29) is 5.56 Å². The summed E-state index contributed by atoms with van der Waals surface area (Å²) >= 11 is 0. The van der Waals surface area contributed by atoms with E-state index >= 15 is 0 Å². The molecule has 13 heavy (non-hydrogen) atoms. The minimum Gasteiger partial charge on any atom is -0.478 e. The third-order valence-electron chi connectivity index (χ3n) is 1.65. The average molecular weight is 175 g/mol. The van der Waals surface area contributed by atoms with Crippen LogP contribution in [0.15, 0.2) is 24.8 Å². The number of aromatic nitrogens is 3. The first-order valence-corrected chi connectivity index (χ1v) is 3.57. The van der Waals surface area contributed by atoms with Gasteiger partial charge in [0.05, 0.1) is 10.9 Å². The fraction of sp³-hybridized carbons (Fsp3) is 0. The summed E-state index contributed by atoms with van der Waals surface area (Å²) in [4.78, 5) is 22.2. The second-order valence-corrected chi connectivity index (χ2v) is 2.42. The minimum atomic E-state index is -0.998. The van der Waals surface area contributed by atoms with Gasteiger partial charge in [-0.15, -0.1) is 0 Å². The zero-order valence-electron chi connectivity index (χ0n) is 6.51. The average Bonchev–Trinajstić information content (AvgIpc) is 2.17. The van der Waals surface area contributed by atoms with Crippen molar-refractivity contribution in [3.05, 3.63) is 30.4 Å². The number of hydrogen-bond acceptors (Lipinski definition) is 4. The molecule has 2 rings (SSSR count). The fourth-order valence-electron chi connectivity index (χ4n) is 1.07. The van der Waals surface area contributed by atoms with Crippen LogP contribution in [0.5, 0.6) is 0 Å². The monoisotopic (exact) mass is 175 g/mol. The van der Waals surface area contributed by atoms with E-state index in [1.54, 1.807) is 0 Å². The molecular weight excluding hydrogens is 170 g/mol. The molecule has 0 amide bonds. The molecule has 5 nitrogen and oxygen atoms in total. The smallest absolute Gasteiger partial charge is 0.336 e. The van der Waals surface area contributed by atoms with Crippen LogP contribution >= 0.6 is 0 Å². The van der Waals surface area contributed by atoms with Gasteiger partial charge in [-0.25, -0.2) is 19.7 Å². The van der Waals surface area contributed by atoms with E-state index in [0.717, 1.165) is 0 Å². The van der Waals surface area contributed by atoms with Crippen LogP contribution in [0.25, 0.3) is 11.0 Å². The van der Waals surface area contributed by atoms with Crippen molar-refractivity contribution in [2.75, 3.05) is 0 Å². The molecule has 0 aromatic carbocycles. The Morgan fingerprint density at radius 1 is 1.38 bits per heavy atom. The first-order chi connectivity index (χ1) is 6.29. The summed E-state index contributed by atoms with van der Waals surface area (Å²) in [7, 11) is 0. The molecule has 2 heterocycles. The number of rotatable bonds is 1. The molecule has 0 radical (unpaired) electrons. The molecule has 0 aliphatic rings. The Kier molecular flexibility index (Phi) is 1.63. The molecular formula is C8H5N3O2. The van der Waals surface area contributed by atoms with E-state index in [1.807, 2.05) is 0 Å². The van der Waals surface area contributed by atoms with Crippen LogP contribution in [-0.4, -0.2) is 26.0 Å². The third kappa shape index (κ3) is 1.20. The molecule has 0 saturated heterocycles. The predicted octanol–water partition coefficient (Wildman–Crippen LogP) is 0.723. The largest absolute Gasteiger partial charge is 0.478 e. The number of fused-ring (bicyclic) bond motifs is 1. The maximum Gasteiger partial charge on any atom is 0.336 e. The van der Waals surface area contributed by atoms with Crippen LogP contribution in [0.1, 0.15) is 10.4 Å². The number of hydrogen-bond donors (Lipinski definition) is 1. The van der Waals surface area contributed by atoms with Gasteiger partial charge in [-0.05, 0) is 6.07 Å². The van der Waals surface area contributed by atoms with Crippen LogP contribution in [0.2, 0.25) is 0 Å². The Morgan fingerprint density at radius 3 is 3.00 bits per heavy atom. The molecule has 1 N–H and O–H groups in total. The van der Waals surface area contributed by atoms with E-state index in [0.29, 0.717) is 11.0 Å². The second kappa shape index (κ2) is 2.78. The van der Waals surface area contributed by atoms with Crippen LogP contribution in [0.3, 0.4) is 0 Å². The molecule has 0 saturated carbocycles. The molecule has 0 unspecified atom stereocenters. The van der Waals surface area contributed by atoms with Crippen LogP contribution in [-0.2, 0) is 0 Å². The van der Waals surface area contributed by atoms with Crippen molar-refractivity contribution in [1.82, 2.24) is 15.0 Å². The summed E-state index contributed by atoms with van der Waals surface area (Å²) in [6.07, 6.45) is 4.19. The Balaban J connectivity index is 2.83. The molecule has 0 atom stereocenters. The Bertz CT molecular complexity index is 464. The standard InChI is InChI=1S/C8H5N3O2/c12-8(13)5-1-2-10-7-6(5)3-9-4-11-7/h1-4H,(H,12,13). The van der Waals surface area contributed by atoms with Gasteiger partial charge in [0.15, 0.2) is 5.65 Å². The topological polar surface area (TPSA) is 76.0 Å². The zero-order valence-corrected chi connectivity index (χ0v) is 6.51. The Hall–Kier alpha value is -2.04. The Morgan fingerprint density at radius 2 is 2.23 bits per heavy atom. The van der Waals surface area contributed by atoms with Gasteiger partial charge in [0.1, 0.15) is 6.33 Å². The number of nitrogens with zero attached hydrogens (tertiary/aromatic N) is 3. The summed E-state index contributed by atoms with van der Waals surface area (Å²) in [6.45, 7) is 0. The van der Waals surface area contributed by atoms with E-state index < -0.39 is 5.97 Å². The lowest BCUT2D eigenvalue weighted by Gasteiger charge is -1.97. The van der Waals surface area contributed by atoms with E-state index in [1.165, 1.54) is 24.8 Å². The lowest BCUT2D eigenvalue weighted by molar-refractivity contribution is 0.0699. The maximum absolute atomic E-state index is 10.7. The number of carbonyl (C=O) groups is 1. The minimum absolute atomic E-state index is 0.172. The van der Waals surface area contributed by atoms with Crippen LogP contribution in [0, 0.1) is 0 Å². The molecule has 2 aromatic rings. The van der Waals surface area contributed by atoms with Crippen LogP contribution in [0.4, 0.5) is 0 Å². The van der Waals surface area contributed by atoms with Gasteiger partial charge >= 0.3 is 5.97 Å². The molecule has 0 fully saturated rings. The first-order valence-electron chi connectivity index (χ1n) is 3.57. The molecule has 5 heteroatoms. The zero-order chi connectivity index (χ0) is 9.26. The summed E-state index contributed by atoms with van der Waals surface area (Å²) in [6, 6.07) is 1.42. The van der Waals surface area contributed by atoms with Gasteiger partial charge in [0.25, 0.3) is 0 Å². The first kappa shape index (κ1) is 7.60. The molecule has 0 aliphatic heterocycles. The SMILES string of the molecule is O=C(O)c1ccnc2ncncc12. The quantitative estimate of drug-likeness (QED) is 0.691. The van der Waals surface area contributed by atoms with E-state index in [9.17, 15) is 4.79 Å². The summed E-state index contributed by atoms with van der Waals surface area (Å²) < 4.78 is 0. The fourth-order valence-corrected chi connectivity index (χ4v) is 1.07. The van der Waals surface area contributed by atoms with Gasteiger partial charge in [-0.2, -0.15) is 0 Å². The number of carboxylic acids is 1. The van der Waals surface area contributed by atoms with Crippen molar-refractivity contribution < 1.29 is 9.90 Å². The van der Waals surface area contributed by atoms with Crippen molar-refractivity contribution in [2.45, 2.75) is 0 Å². The predicted molar refractivity (Wildman–Crippen MR) is 44.3 cm³/mol. The van der Waals surface area contributed by atoms with Gasteiger partial charge in [-0.1, -0.05) is 0 Å². The molecule has 2 aromatic heterocycles. The van der Waals surface area contributed by atoms with Gasteiger partial charge in [0.2, 0.25) is 0 Å². The Labute approximate surface area is 73.1 Å². The number of carboxylic acid groups (broad SMARTS) is 1.